The van der Waals surface area contributed by atoms with Gasteiger partial charge in [-0.1, -0.05) is 30.3 Å². The lowest BCUT2D eigenvalue weighted by Gasteiger charge is -2.06. The average Bonchev–Trinajstić information content (AvgIpc) is 3.23. The molecule has 0 bridgehead atoms. The molecule has 30 heavy (non-hydrogen) atoms. The van der Waals surface area contributed by atoms with E-state index in [0.29, 0.717) is 22.1 Å². The van der Waals surface area contributed by atoms with E-state index >= 15 is 0 Å². The molecule has 148 valence electrons. The Hall–Kier alpha value is -4.04. The smallest absolute Gasteiger partial charge is 0.269 e. The highest BCUT2D eigenvalue weighted by molar-refractivity contribution is 7.14. The van der Waals surface area contributed by atoms with Crippen LogP contribution in [0.2, 0.25) is 0 Å². The van der Waals surface area contributed by atoms with Gasteiger partial charge in [0.25, 0.3) is 11.6 Å². The van der Waals surface area contributed by atoms with Crippen molar-refractivity contribution in [1.29, 1.82) is 0 Å². The third kappa shape index (κ3) is 4.50. The molecule has 0 aliphatic heterocycles. The second kappa shape index (κ2) is 8.54. The molecule has 4 rings (SSSR count). The fourth-order valence-corrected chi connectivity index (χ4v) is 3.54. The zero-order chi connectivity index (χ0) is 20.9. The van der Waals surface area contributed by atoms with Crippen molar-refractivity contribution < 1.29 is 9.72 Å². The Morgan fingerprint density at radius 3 is 2.43 bits per heavy atom. The molecule has 8 heteroatoms. The number of hydrogen-bond donors (Lipinski definition) is 2. The maximum absolute atomic E-state index is 12.4. The summed E-state index contributed by atoms with van der Waals surface area (Å²) in [5.41, 5.74) is 3.65. The Morgan fingerprint density at radius 1 is 0.933 bits per heavy atom. The van der Waals surface area contributed by atoms with E-state index in [1.165, 1.54) is 23.5 Å². The quantitative estimate of drug-likeness (QED) is 0.310. The van der Waals surface area contributed by atoms with Crippen LogP contribution >= 0.6 is 11.3 Å². The number of aromatic nitrogens is 1. The number of nitrogens with zero attached hydrogens (tertiary/aromatic N) is 2. The number of rotatable bonds is 6. The van der Waals surface area contributed by atoms with Crippen molar-refractivity contribution in [2.45, 2.75) is 0 Å². The van der Waals surface area contributed by atoms with Gasteiger partial charge in [-0.05, 0) is 36.4 Å². The molecule has 1 aromatic heterocycles. The number of nitrogens with one attached hydrogen (secondary N) is 2. The van der Waals surface area contributed by atoms with Gasteiger partial charge in [0.2, 0.25) is 0 Å². The van der Waals surface area contributed by atoms with Crippen molar-refractivity contribution in [3.8, 4) is 11.3 Å². The van der Waals surface area contributed by atoms with E-state index in [4.69, 9.17) is 0 Å². The van der Waals surface area contributed by atoms with E-state index in [2.05, 4.69) is 15.6 Å². The molecule has 0 fully saturated rings. The minimum absolute atomic E-state index is 0.0368. The summed E-state index contributed by atoms with van der Waals surface area (Å²) in [6.07, 6.45) is 0. The molecule has 3 aromatic carbocycles. The summed E-state index contributed by atoms with van der Waals surface area (Å²) < 4.78 is 0. The minimum atomic E-state index is -0.436. The molecule has 2 N–H and O–H groups in total. The van der Waals surface area contributed by atoms with E-state index < -0.39 is 4.92 Å². The van der Waals surface area contributed by atoms with Crippen LogP contribution in [0.1, 0.15) is 10.4 Å². The fourth-order valence-electron chi connectivity index (χ4n) is 2.80. The van der Waals surface area contributed by atoms with Crippen molar-refractivity contribution >= 4 is 39.4 Å². The molecular weight excluding hydrogens is 400 g/mol. The molecule has 0 atom stereocenters. The number of carbonyl (C=O) groups excluding carboxylic acids is 1. The van der Waals surface area contributed by atoms with Crippen molar-refractivity contribution in [1.82, 2.24) is 4.98 Å². The van der Waals surface area contributed by atoms with Gasteiger partial charge in [-0.15, -0.1) is 11.3 Å². The molecule has 0 aliphatic carbocycles. The van der Waals surface area contributed by atoms with Crippen LogP contribution < -0.4 is 10.6 Å². The van der Waals surface area contributed by atoms with E-state index in [9.17, 15) is 14.9 Å². The number of nitro benzene ring substituents is 1. The summed E-state index contributed by atoms with van der Waals surface area (Å²) in [4.78, 5) is 27.2. The molecule has 0 radical (unpaired) electrons. The van der Waals surface area contributed by atoms with Crippen LogP contribution in [-0.4, -0.2) is 15.8 Å². The van der Waals surface area contributed by atoms with Gasteiger partial charge in [0.1, 0.15) is 0 Å². The molecule has 0 saturated carbocycles. The van der Waals surface area contributed by atoms with E-state index in [1.807, 2.05) is 47.8 Å². The molecule has 1 amide bonds. The Kier molecular flexibility index (Phi) is 5.49. The van der Waals surface area contributed by atoms with Gasteiger partial charge in [0, 0.05) is 40.0 Å². The second-order valence-corrected chi connectivity index (χ2v) is 7.23. The number of nitro groups is 1. The largest absolute Gasteiger partial charge is 0.332 e. The monoisotopic (exact) mass is 416 g/mol. The first kappa shape index (κ1) is 19.3. The Bertz CT molecular complexity index is 1190. The van der Waals surface area contributed by atoms with Crippen LogP contribution in [0.3, 0.4) is 0 Å². The standard InChI is InChI=1S/C22H16N4O3S/c27-21(15-5-2-1-3-6-15)23-18-8-4-7-16(13-18)20-14-30-22(25-20)24-17-9-11-19(12-10-17)26(28)29/h1-14H,(H,23,27)(H,24,25). The zero-order valence-corrected chi connectivity index (χ0v) is 16.4. The second-order valence-electron chi connectivity index (χ2n) is 6.37. The summed E-state index contributed by atoms with van der Waals surface area (Å²) >= 11 is 1.42. The Balaban J connectivity index is 1.47. The number of anilines is 3. The minimum Gasteiger partial charge on any atom is -0.332 e. The molecule has 0 spiro atoms. The molecule has 7 nitrogen and oxygen atoms in total. The highest BCUT2D eigenvalue weighted by Crippen LogP contribution is 2.29. The zero-order valence-electron chi connectivity index (χ0n) is 15.6. The molecule has 4 aromatic rings. The third-order valence-electron chi connectivity index (χ3n) is 4.29. The number of carbonyl (C=O) groups is 1. The number of hydrogen-bond acceptors (Lipinski definition) is 6. The van der Waals surface area contributed by atoms with Crippen LogP contribution in [-0.2, 0) is 0 Å². The maximum atomic E-state index is 12.4. The van der Waals surface area contributed by atoms with Crippen LogP contribution in [0.25, 0.3) is 11.3 Å². The van der Waals surface area contributed by atoms with Crippen molar-refractivity contribution in [3.05, 3.63) is 99.9 Å². The van der Waals surface area contributed by atoms with Gasteiger partial charge in [0.15, 0.2) is 5.13 Å². The van der Waals surface area contributed by atoms with Crippen LogP contribution in [0.4, 0.5) is 22.2 Å². The number of benzene rings is 3. The summed E-state index contributed by atoms with van der Waals surface area (Å²) in [5.74, 6) is -0.174. The lowest BCUT2D eigenvalue weighted by Crippen LogP contribution is -2.11. The predicted octanol–water partition coefficient (Wildman–Crippen LogP) is 5.71. The van der Waals surface area contributed by atoms with Crippen LogP contribution in [0, 0.1) is 10.1 Å². The molecule has 0 aliphatic rings. The van der Waals surface area contributed by atoms with E-state index in [0.717, 1.165) is 11.3 Å². The molecule has 0 saturated heterocycles. The molecule has 0 unspecified atom stereocenters. The fraction of sp³-hybridized carbons (Fsp3) is 0. The predicted molar refractivity (Wildman–Crippen MR) is 118 cm³/mol. The first-order chi connectivity index (χ1) is 14.6. The van der Waals surface area contributed by atoms with E-state index in [-0.39, 0.29) is 11.6 Å². The van der Waals surface area contributed by atoms with Gasteiger partial charge in [-0.25, -0.2) is 4.98 Å². The van der Waals surface area contributed by atoms with Crippen molar-refractivity contribution in [2.75, 3.05) is 10.6 Å². The Morgan fingerprint density at radius 2 is 1.70 bits per heavy atom. The highest BCUT2D eigenvalue weighted by atomic mass is 32.1. The topological polar surface area (TPSA) is 97.2 Å². The van der Waals surface area contributed by atoms with Gasteiger partial charge < -0.3 is 10.6 Å². The van der Waals surface area contributed by atoms with Gasteiger partial charge in [-0.3, -0.25) is 14.9 Å². The molecular formula is C22H16N4O3S. The summed E-state index contributed by atoms with van der Waals surface area (Å²) in [6, 6.07) is 22.6. The first-order valence-electron chi connectivity index (χ1n) is 9.02. The maximum Gasteiger partial charge on any atom is 0.269 e. The lowest BCUT2D eigenvalue weighted by atomic mass is 10.1. The SMILES string of the molecule is O=C(Nc1cccc(-c2csc(Nc3ccc([N+](=O)[O-])cc3)n2)c1)c1ccccc1. The van der Waals surface area contributed by atoms with Gasteiger partial charge in [0.05, 0.1) is 10.6 Å². The number of non-ortho nitro benzene ring substituents is 1. The van der Waals surface area contributed by atoms with Gasteiger partial charge in [-0.2, -0.15) is 0 Å². The summed E-state index contributed by atoms with van der Waals surface area (Å²) in [5, 5.41) is 19.4. The van der Waals surface area contributed by atoms with Crippen molar-refractivity contribution in [2.24, 2.45) is 0 Å². The normalized spacial score (nSPS) is 10.4. The van der Waals surface area contributed by atoms with Crippen LogP contribution in [0.5, 0.6) is 0 Å². The number of thiazole rings is 1. The summed E-state index contributed by atoms with van der Waals surface area (Å²) in [6.45, 7) is 0. The van der Waals surface area contributed by atoms with Crippen molar-refractivity contribution in [3.63, 3.8) is 0 Å². The highest BCUT2D eigenvalue weighted by Gasteiger charge is 2.09. The third-order valence-corrected chi connectivity index (χ3v) is 5.04. The molecule has 1 heterocycles. The van der Waals surface area contributed by atoms with Gasteiger partial charge >= 0.3 is 0 Å². The van der Waals surface area contributed by atoms with Crippen LogP contribution in [0.15, 0.2) is 84.2 Å². The lowest BCUT2D eigenvalue weighted by molar-refractivity contribution is -0.384. The first-order valence-corrected chi connectivity index (χ1v) is 9.90. The van der Waals surface area contributed by atoms with E-state index in [1.54, 1.807) is 24.3 Å². The average molecular weight is 416 g/mol. The number of amides is 1. The Labute approximate surface area is 176 Å². The summed E-state index contributed by atoms with van der Waals surface area (Å²) in [7, 11) is 0.